The summed E-state index contributed by atoms with van der Waals surface area (Å²) < 4.78 is 84.0. The van der Waals surface area contributed by atoms with Crippen molar-refractivity contribution in [2.24, 2.45) is 0 Å². The maximum absolute atomic E-state index is 12.7. The Bertz CT molecular complexity index is 1230. The minimum absolute atomic E-state index is 0.0586. The van der Waals surface area contributed by atoms with E-state index in [0.29, 0.717) is 0 Å². The molecule has 1 unspecified atom stereocenters. The molecule has 0 fully saturated rings. The van der Waals surface area contributed by atoms with Gasteiger partial charge in [-0.25, -0.2) is 9.78 Å². The van der Waals surface area contributed by atoms with E-state index in [1.807, 2.05) is 0 Å². The number of carbonyl (C=O) groups is 2. The van der Waals surface area contributed by atoms with E-state index in [1.54, 1.807) is 0 Å². The Balaban J connectivity index is 0.000000261. The number of hydrogen-bond acceptors (Lipinski definition) is 7. The summed E-state index contributed by atoms with van der Waals surface area (Å²) in [5.74, 6) is -1.54. The van der Waals surface area contributed by atoms with Crippen LogP contribution < -0.4 is 5.73 Å². The van der Waals surface area contributed by atoms with Crippen molar-refractivity contribution in [1.29, 1.82) is 0 Å². The number of nitrogens with two attached hydrogens (primary N) is 1. The van der Waals surface area contributed by atoms with E-state index in [1.165, 1.54) is 24.3 Å². The average Bonchev–Trinajstić information content (AvgIpc) is 3.23. The summed E-state index contributed by atoms with van der Waals surface area (Å²) in [6.45, 7) is 0. The molecule has 3 rings (SSSR count). The van der Waals surface area contributed by atoms with Gasteiger partial charge in [0.15, 0.2) is 16.2 Å². The number of benzene rings is 2. The van der Waals surface area contributed by atoms with E-state index in [0.717, 1.165) is 49.8 Å². The molecule has 194 valence electrons. The third-order valence-electron chi connectivity index (χ3n) is 4.39. The fourth-order valence-corrected chi connectivity index (χ4v) is 3.76. The quantitative estimate of drug-likeness (QED) is 0.229. The number of nitrogens with zero attached hydrogens (tertiary/aromatic N) is 1. The third-order valence-corrected chi connectivity index (χ3v) is 5.75. The molecule has 0 saturated heterocycles. The first kappa shape index (κ1) is 28.9. The lowest BCUT2D eigenvalue weighted by atomic mass is 10.1. The minimum atomic E-state index is -4.46. The van der Waals surface area contributed by atoms with Crippen LogP contribution in [0.1, 0.15) is 32.6 Å². The SMILES string of the molecule is COC(=O)C(Cl)c1cccc(C(F)(F)F)c1.COC(=O)c1nc(N)sc1-c1cccc(C(F)(F)F)c1. The van der Waals surface area contributed by atoms with Gasteiger partial charge in [0.05, 0.1) is 30.2 Å². The molecule has 0 saturated carbocycles. The van der Waals surface area contributed by atoms with Gasteiger partial charge in [0.2, 0.25) is 0 Å². The van der Waals surface area contributed by atoms with Crippen molar-refractivity contribution in [3.63, 3.8) is 0 Å². The first-order valence-corrected chi connectivity index (χ1v) is 10.9. The Morgan fingerprint density at radius 2 is 1.50 bits per heavy atom. The molecule has 0 aliphatic carbocycles. The number of rotatable bonds is 4. The number of methoxy groups -OCH3 is 2. The first-order chi connectivity index (χ1) is 16.7. The molecular formula is C22H17ClF6N2O4S. The summed E-state index contributed by atoms with van der Waals surface area (Å²) >= 11 is 6.57. The molecule has 14 heteroatoms. The molecule has 0 aliphatic rings. The van der Waals surface area contributed by atoms with Gasteiger partial charge in [-0.1, -0.05) is 35.6 Å². The van der Waals surface area contributed by atoms with Crippen LogP contribution in [0.25, 0.3) is 10.4 Å². The van der Waals surface area contributed by atoms with Crippen molar-refractivity contribution in [3.8, 4) is 10.4 Å². The van der Waals surface area contributed by atoms with Gasteiger partial charge in [-0.3, -0.25) is 4.79 Å². The number of halogens is 7. The standard InChI is InChI=1S/C12H9F3N2O2S.C10H8ClF3O2/c1-19-10(18)8-9(20-11(16)17-8)6-3-2-4-7(5-6)12(13,14)15;1-16-9(15)8(11)6-3-2-4-7(5-6)10(12,13)14/h2-5H,1H3,(H2,16,17);2-5,8H,1H3. The van der Waals surface area contributed by atoms with Crippen LogP contribution in [0.2, 0.25) is 0 Å². The highest BCUT2D eigenvalue weighted by Gasteiger charge is 2.32. The topological polar surface area (TPSA) is 91.5 Å². The number of nitrogen functional groups attached to an aromatic ring is 1. The van der Waals surface area contributed by atoms with E-state index in [9.17, 15) is 35.9 Å². The first-order valence-electron chi connectivity index (χ1n) is 9.60. The monoisotopic (exact) mass is 554 g/mol. The summed E-state index contributed by atoms with van der Waals surface area (Å²) in [5.41, 5.74) is 4.04. The van der Waals surface area contributed by atoms with Gasteiger partial charge < -0.3 is 15.2 Å². The maximum atomic E-state index is 12.7. The van der Waals surface area contributed by atoms with Crippen molar-refractivity contribution >= 4 is 40.0 Å². The number of carbonyl (C=O) groups excluding carboxylic acids is 2. The number of hydrogen-bond donors (Lipinski definition) is 1. The van der Waals surface area contributed by atoms with E-state index < -0.39 is 40.8 Å². The Kier molecular flexibility index (Phi) is 9.32. The lowest BCUT2D eigenvalue weighted by Gasteiger charge is -2.11. The summed E-state index contributed by atoms with van der Waals surface area (Å²) in [6, 6.07) is 8.87. The molecule has 0 aliphatic heterocycles. The zero-order valence-corrected chi connectivity index (χ0v) is 20.0. The van der Waals surface area contributed by atoms with Crippen LogP contribution in [0.4, 0.5) is 31.5 Å². The van der Waals surface area contributed by atoms with Crippen molar-refractivity contribution in [2.75, 3.05) is 20.0 Å². The normalized spacial score (nSPS) is 12.2. The van der Waals surface area contributed by atoms with Gasteiger partial charge in [-0.2, -0.15) is 26.3 Å². The molecule has 0 spiro atoms. The minimum Gasteiger partial charge on any atom is -0.468 e. The molecule has 2 aromatic carbocycles. The maximum Gasteiger partial charge on any atom is 0.416 e. The molecule has 0 radical (unpaired) electrons. The van der Waals surface area contributed by atoms with E-state index >= 15 is 0 Å². The zero-order valence-electron chi connectivity index (χ0n) is 18.4. The molecular weight excluding hydrogens is 538 g/mol. The van der Waals surface area contributed by atoms with Crippen LogP contribution in [0.5, 0.6) is 0 Å². The largest absolute Gasteiger partial charge is 0.468 e. The molecule has 36 heavy (non-hydrogen) atoms. The van der Waals surface area contributed by atoms with Crippen LogP contribution in [0.15, 0.2) is 48.5 Å². The molecule has 0 bridgehead atoms. The molecule has 1 aromatic heterocycles. The number of ether oxygens (including phenoxy) is 2. The number of aromatic nitrogens is 1. The van der Waals surface area contributed by atoms with Crippen molar-refractivity contribution in [3.05, 3.63) is 70.9 Å². The second kappa shape index (κ2) is 11.6. The van der Waals surface area contributed by atoms with E-state index in [4.69, 9.17) is 17.3 Å². The van der Waals surface area contributed by atoms with Crippen LogP contribution in [0, 0.1) is 0 Å². The van der Waals surface area contributed by atoms with Gasteiger partial charge in [-0.15, -0.1) is 11.6 Å². The number of alkyl halides is 7. The Morgan fingerprint density at radius 3 is 2.03 bits per heavy atom. The molecule has 1 atom stereocenters. The van der Waals surface area contributed by atoms with Gasteiger partial charge >= 0.3 is 24.3 Å². The number of thiazole rings is 1. The average molecular weight is 555 g/mol. The van der Waals surface area contributed by atoms with Gasteiger partial charge in [-0.05, 0) is 35.4 Å². The fraction of sp³-hybridized carbons (Fsp3) is 0.227. The molecule has 3 aromatic rings. The van der Waals surface area contributed by atoms with Crippen LogP contribution >= 0.6 is 22.9 Å². The Morgan fingerprint density at radius 1 is 0.944 bits per heavy atom. The van der Waals surface area contributed by atoms with Crippen molar-refractivity contribution in [2.45, 2.75) is 17.7 Å². The summed E-state index contributed by atoms with van der Waals surface area (Å²) in [6.07, 6.45) is -8.92. The predicted molar refractivity (Wildman–Crippen MR) is 120 cm³/mol. The van der Waals surface area contributed by atoms with Crippen molar-refractivity contribution in [1.82, 2.24) is 4.98 Å². The predicted octanol–water partition coefficient (Wildman–Crippen LogP) is 6.36. The van der Waals surface area contributed by atoms with E-state index in [2.05, 4.69) is 14.5 Å². The highest BCUT2D eigenvalue weighted by molar-refractivity contribution is 7.19. The highest BCUT2D eigenvalue weighted by Crippen LogP contribution is 2.36. The highest BCUT2D eigenvalue weighted by atomic mass is 35.5. The van der Waals surface area contributed by atoms with Gasteiger partial charge in [0, 0.05) is 0 Å². The lowest BCUT2D eigenvalue weighted by Crippen LogP contribution is -2.11. The molecule has 0 amide bonds. The summed E-state index contributed by atoms with van der Waals surface area (Å²) in [4.78, 5) is 26.6. The van der Waals surface area contributed by atoms with Gasteiger partial charge in [0.25, 0.3) is 0 Å². The summed E-state index contributed by atoms with van der Waals surface area (Å²) in [5, 5.41) is -1.15. The van der Waals surface area contributed by atoms with Crippen molar-refractivity contribution < 1.29 is 45.4 Å². The third kappa shape index (κ3) is 7.34. The second-order valence-electron chi connectivity index (χ2n) is 6.81. The second-order valence-corrected chi connectivity index (χ2v) is 8.28. The van der Waals surface area contributed by atoms with Gasteiger partial charge in [0.1, 0.15) is 0 Å². The zero-order chi connectivity index (χ0) is 27.3. The lowest BCUT2D eigenvalue weighted by molar-refractivity contribution is -0.141. The number of esters is 2. The smallest absolute Gasteiger partial charge is 0.416 e. The van der Waals surface area contributed by atoms with Crippen LogP contribution in [0.3, 0.4) is 0 Å². The van der Waals surface area contributed by atoms with Crippen LogP contribution in [-0.4, -0.2) is 31.1 Å². The molecule has 1 heterocycles. The molecule has 6 nitrogen and oxygen atoms in total. The molecule has 2 N–H and O–H groups in total. The fourth-order valence-electron chi connectivity index (χ4n) is 2.72. The number of anilines is 1. The van der Waals surface area contributed by atoms with E-state index in [-0.39, 0.29) is 26.8 Å². The van der Waals surface area contributed by atoms with Crippen LogP contribution in [-0.2, 0) is 26.6 Å². The Labute approximate surface area is 209 Å². The summed E-state index contributed by atoms with van der Waals surface area (Å²) in [7, 11) is 2.28. The Hall–Kier alpha value is -3.32.